The molecule has 0 bridgehead atoms. The minimum Gasteiger partial charge on any atom is -0.309 e. The molecule has 1 spiro atoms. The first-order valence-electron chi connectivity index (χ1n) is 22.6. The Kier molecular flexibility index (Phi) is 7.64. The highest BCUT2D eigenvalue weighted by atomic mass is 15.2. The zero-order valence-electron chi connectivity index (χ0n) is 35.5. The van der Waals surface area contributed by atoms with Crippen LogP contribution >= 0.6 is 0 Å². The smallest absolute Gasteiger partial charge is 0.0755 e. The van der Waals surface area contributed by atoms with Gasteiger partial charge < -0.3 is 9.47 Å². The third kappa shape index (κ3) is 4.88. The van der Waals surface area contributed by atoms with Crippen molar-refractivity contribution in [3.05, 3.63) is 265 Å². The Morgan fingerprint density at radius 3 is 1.75 bits per heavy atom. The summed E-state index contributed by atoms with van der Waals surface area (Å²) in [4.78, 5) is 2.59. The molecule has 0 saturated carbocycles. The third-order valence-electron chi connectivity index (χ3n) is 14.4. The number of rotatable bonds is 5. The second-order valence-corrected chi connectivity index (χ2v) is 17.5. The zero-order chi connectivity index (χ0) is 42.6. The van der Waals surface area contributed by atoms with Gasteiger partial charge in [0.15, 0.2) is 0 Å². The van der Waals surface area contributed by atoms with Crippen molar-refractivity contribution < 1.29 is 0 Å². The van der Waals surface area contributed by atoms with E-state index in [1.807, 2.05) is 0 Å². The van der Waals surface area contributed by atoms with E-state index in [0.717, 1.165) is 17.1 Å². The van der Waals surface area contributed by atoms with Gasteiger partial charge >= 0.3 is 0 Å². The molecular formula is C63H40N2. The van der Waals surface area contributed by atoms with Gasteiger partial charge in [0.2, 0.25) is 0 Å². The van der Waals surface area contributed by atoms with Crippen molar-refractivity contribution in [1.82, 2.24) is 4.57 Å². The van der Waals surface area contributed by atoms with Crippen molar-refractivity contribution in [3.63, 3.8) is 0 Å². The van der Waals surface area contributed by atoms with Crippen LogP contribution < -0.4 is 4.90 Å². The Morgan fingerprint density at radius 1 is 0.323 bits per heavy atom. The standard InChI is InChI=1S/C63H40N2/c1-2-20-41(21-3-1)43-23-6-7-25-45(43)47-27-11-15-36-56(47)64(60-40-42-22-4-5-24-44(42)46-26-8-9-28-48(46)60)59-39-19-34-54-61(59)51-30-10-13-32-52(51)63(54)53-33-14-17-38-58(53)65-57-37-16-12-29-49(57)50-31-18-35-55(63)62(50)65/h1-40H. The van der Waals surface area contributed by atoms with Crippen LogP contribution in [-0.4, -0.2) is 4.57 Å². The second kappa shape index (κ2) is 13.8. The molecule has 1 unspecified atom stereocenters. The second-order valence-electron chi connectivity index (χ2n) is 17.5. The van der Waals surface area contributed by atoms with Gasteiger partial charge in [-0.05, 0) is 91.0 Å². The molecule has 1 aliphatic heterocycles. The van der Waals surface area contributed by atoms with Crippen LogP contribution in [0.4, 0.5) is 17.1 Å². The molecule has 11 aromatic carbocycles. The molecule has 1 atom stereocenters. The van der Waals surface area contributed by atoms with Crippen molar-refractivity contribution in [1.29, 1.82) is 0 Å². The van der Waals surface area contributed by atoms with Crippen molar-refractivity contribution in [2.45, 2.75) is 5.41 Å². The molecule has 2 heterocycles. The monoisotopic (exact) mass is 824 g/mol. The Hall–Kier alpha value is -8.46. The van der Waals surface area contributed by atoms with Crippen LogP contribution in [0, 0.1) is 0 Å². The summed E-state index contributed by atoms with van der Waals surface area (Å²) >= 11 is 0. The molecule has 14 rings (SSSR count). The van der Waals surface area contributed by atoms with Gasteiger partial charge in [0.25, 0.3) is 0 Å². The van der Waals surface area contributed by atoms with Gasteiger partial charge in [-0.15, -0.1) is 0 Å². The van der Waals surface area contributed by atoms with Gasteiger partial charge in [-0.3, -0.25) is 0 Å². The quantitative estimate of drug-likeness (QED) is 0.157. The van der Waals surface area contributed by atoms with Crippen molar-refractivity contribution in [3.8, 4) is 39.1 Å². The fourth-order valence-corrected chi connectivity index (χ4v) is 11.9. The molecule has 1 aromatic heterocycles. The van der Waals surface area contributed by atoms with E-state index in [9.17, 15) is 0 Å². The van der Waals surface area contributed by atoms with E-state index in [4.69, 9.17) is 0 Å². The molecular weight excluding hydrogens is 785 g/mol. The van der Waals surface area contributed by atoms with Gasteiger partial charge in [0, 0.05) is 27.3 Å². The van der Waals surface area contributed by atoms with Crippen LogP contribution in [0.25, 0.3) is 82.4 Å². The van der Waals surface area contributed by atoms with Gasteiger partial charge in [-0.2, -0.15) is 0 Å². The summed E-state index contributed by atoms with van der Waals surface area (Å²) in [6.07, 6.45) is 0. The zero-order valence-corrected chi connectivity index (χ0v) is 35.5. The van der Waals surface area contributed by atoms with Gasteiger partial charge in [0.1, 0.15) is 0 Å². The maximum Gasteiger partial charge on any atom is 0.0755 e. The number of hydrogen-bond donors (Lipinski definition) is 0. The van der Waals surface area contributed by atoms with Crippen LogP contribution in [0.15, 0.2) is 243 Å². The third-order valence-corrected chi connectivity index (χ3v) is 14.4. The number of benzene rings is 11. The van der Waals surface area contributed by atoms with Crippen LogP contribution in [0.3, 0.4) is 0 Å². The number of para-hydroxylation sites is 4. The minimum absolute atomic E-state index is 0.584. The predicted octanol–water partition coefficient (Wildman–Crippen LogP) is 16.6. The first-order chi connectivity index (χ1) is 32.3. The van der Waals surface area contributed by atoms with Gasteiger partial charge in [-0.1, -0.05) is 212 Å². The number of anilines is 3. The molecule has 302 valence electrons. The number of hydrogen-bond acceptors (Lipinski definition) is 1. The topological polar surface area (TPSA) is 8.17 Å². The largest absolute Gasteiger partial charge is 0.309 e. The van der Waals surface area contributed by atoms with Crippen LogP contribution in [0.1, 0.15) is 22.3 Å². The fourth-order valence-electron chi connectivity index (χ4n) is 11.9. The van der Waals surface area contributed by atoms with E-state index in [0.29, 0.717) is 0 Å². The summed E-state index contributed by atoms with van der Waals surface area (Å²) in [5.74, 6) is 0. The molecule has 0 fully saturated rings. The van der Waals surface area contributed by atoms with E-state index in [1.54, 1.807) is 0 Å². The molecule has 0 saturated heterocycles. The minimum atomic E-state index is -0.584. The number of fused-ring (bicyclic) bond motifs is 15. The molecule has 0 radical (unpaired) electrons. The SMILES string of the molecule is c1ccc(-c2ccccc2-c2ccccc2N(c2cccc3c2-c2ccccc2C32c3ccccc3-n3c4ccccc4c4cccc2c43)c2cc3ccccc3c3ccccc23)cc1. The summed E-state index contributed by atoms with van der Waals surface area (Å²) in [5.41, 5.74) is 19.0. The lowest BCUT2D eigenvalue weighted by Crippen LogP contribution is -2.33. The predicted molar refractivity (Wildman–Crippen MR) is 272 cm³/mol. The van der Waals surface area contributed by atoms with Crippen LogP contribution in [-0.2, 0) is 5.41 Å². The average molecular weight is 825 g/mol. The van der Waals surface area contributed by atoms with Crippen molar-refractivity contribution in [2.75, 3.05) is 4.90 Å². The molecule has 2 aliphatic rings. The highest BCUT2D eigenvalue weighted by Gasteiger charge is 2.51. The van der Waals surface area contributed by atoms with E-state index in [-0.39, 0.29) is 0 Å². The van der Waals surface area contributed by atoms with E-state index >= 15 is 0 Å². The van der Waals surface area contributed by atoms with Crippen LogP contribution in [0.2, 0.25) is 0 Å². The summed E-state index contributed by atoms with van der Waals surface area (Å²) in [5, 5.41) is 7.45. The van der Waals surface area contributed by atoms with Gasteiger partial charge in [0.05, 0.1) is 39.2 Å². The highest BCUT2D eigenvalue weighted by molar-refractivity contribution is 6.17. The van der Waals surface area contributed by atoms with E-state index < -0.39 is 5.41 Å². The summed E-state index contributed by atoms with van der Waals surface area (Å²) < 4.78 is 2.53. The van der Waals surface area contributed by atoms with Crippen LogP contribution in [0.5, 0.6) is 0 Å². The first-order valence-corrected chi connectivity index (χ1v) is 22.6. The lowest BCUT2D eigenvalue weighted by atomic mass is 9.65. The Balaban J connectivity index is 1.13. The van der Waals surface area contributed by atoms with Crippen molar-refractivity contribution >= 4 is 60.4 Å². The lowest BCUT2D eigenvalue weighted by Gasteiger charge is -2.39. The molecule has 65 heavy (non-hydrogen) atoms. The number of aromatic nitrogens is 1. The van der Waals surface area contributed by atoms with Crippen molar-refractivity contribution in [2.24, 2.45) is 0 Å². The Labute approximate surface area is 377 Å². The highest BCUT2D eigenvalue weighted by Crippen LogP contribution is 2.63. The molecule has 1 aliphatic carbocycles. The molecule has 0 N–H and O–H groups in total. The summed E-state index contributed by atoms with van der Waals surface area (Å²) in [7, 11) is 0. The summed E-state index contributed by atoms with van der Waals surface area (Å²) in [6.45, 7) is 0. The molecule has 0 amide bonds. The number of nitrogens with zero attached hydrogens (tertiary/aromatic N) is 2. The van der Waals surface area contributed by atoms with Gasteiger partial charge in [-0.25, -0.2) is 0 Å². The fraction of sp³-hybridized carbons (Fsp3) is 0.0159. The normalized spacial score (nSPS) is 14.5. The molecule has 2 nitrogen and oxygen atoms in total. The Bertz CT molecular complexity index is 3910. The maximum absolute atomic E-state index is 2.59. The Morgan fingerprint density at radius 2 is 0.892 bits per heavy atom. The first kappa shape index (κ1) is 36.1. The van der Waals surface area contributed by atoms with E-state index in [1.165, 1.54) is 105 Å². The summed E-state index contributed by atoms with van der Waals surface area (Å²) in [6, 6.07) is 90.3. The molecule has 2 heteroatoms. The maximum atomic E-state index is 2.59. The molecule has 12 aromatic rings. The van der Waals surface area contributed by atoms with E-state index in [2.05, 4.69) is 252 Å². The lowest BCUT2D eigenvalue weighted by molar-refractivity contribution is 0.748. The average Bonchev–Trinajstić information content (AvgIpc) is 3.88.